The summed E-state index contributed by atoms with van der Waals surface area (Å²) in [5.74, 6) is 0.594. The topological polar surface area (TPSA) is 12.0 Å². The molecule has 0 aliphatic carbocycles. The Morgan fingerprint density at radius 1 is 1.22 bits per heavy atom. The first-order chi connectivity index (χ1) is 8.63. The standard InChI is InChI=1S/C17H27N/c1-5-15(4)11-12-17(13-18-14(2)3)16-9-7-6-8-10-16/h6-10,14,17-18H,4-5,11-13H2,1-3H3. The molecule has 1 nitrogen and oxygen atoms in total. The van der Waals surface area contributed by atoms with E-state index in [1.165, 1.54) is 17.6 Å². The molecule has 0 aliphatic heterocycles. The SMILES string of the molecule is C=C(CC)CCC(CNC(C)C)c1ccccc1. The summed E-state index contributed by atoms with van der Waals surface area (Å²) in [4.78, 5) is 0. The minimum Gasteiger partial charge on any atom is -0.314 e. The molecule has 0 saturated heterocycles. The van der Waals surface area contributed by atoms with Crippen molar-refractivity contribution in [2.24, 2.45) is 0 Å². The summed E-state index contributed by atoms with van der Waals surface area (Å²) in [6, 6.07) is 11.4. The molecule has 1 aromatic rings. The number of benzene rings is 1. The number of nitrogens with one attached hydrogen (secondary N) is 1. The molecule has 1 N–H and O–H groups in total. The lowest BCUT2D eigenvalue weighted by atomic mass is 9.92. The average molecular weight is 245 g/mol. The molecule has 1 aromatic carbocycles. The van der Waals surface area contributed by atoms with E-state index in [1.807, 2.05) is 0 Å². The predicted octanol–water partition coefficient (Wildman–Crippen LogP) is 4.51. The van der Waals surface area contributed by atoms with E-state index < -0.39 is 0 Å². The van der Waals surface area contributed by atoms with Crippen LogP contribution in [0.4, 0.5) is 0 Å². The highest BCUT2D eigenvalue weighted by Gasteiger charge is 2.11. The molecule has 1 atom stereocenters. The Kier molecular flexibility index (Phi) is 6.74. The van der Waals surface area contributed by atoms with Gasteiger partial charge >= 0.3 is 0 Å². The van der Waals surface area contributed by atoms with Gasteiger partial charge in [0.15, 0.2) is 0 Å². The molecule has 1 heteroatoms. The fraction of sp³-hybridized carbons (Fsp3) is 0.529. The monoisotopic (exact) mass is 245 g/mol. The van der Waals surface area contributed by atoms with Crippen molar-refractivity contribution in [1.82, 2.24) is 5.32 Å². The maximum Gasteiger partial charge on any atom is 0.00226 e. The second-order valence-electron chi connectivity index (χ2n) is 5.31. The highest BCUT2D eigenvalue weighted by Crippen LogP contribution is 2.23. The zero-order chi connectivity index (χ0) is 13.4. The maximum absolute atomic E-state index is 4.11. The highest BCUT2D eigenvalue weighted by molar-refractivity contribution is 5.20. The Labute approximate surface area is 112 Å². The van der Waals surface area contributed by atoms with Crippen molar-refractivity contribution in [2.45, 2.75) is 52.0 Å². The fourth-order valence-corrected chi connectivity index (χ4v) is 2.04. The van der Waals surface area contributed by atoms with Crippen molar-refractivity contribution in [3.05, 3.63) is 48.0 Å². The summed E-state index contributed by atoms with van der Waals surface area (Å²) >= 11 is 0. The van der Waals surface area contributed by atoms with Gasteiger partial charge < -0.3 is 5.32 Å². The van der Waals surface area contributed by atoms with Gasteiger partial charge in [0, 0.05) is 12.6 Å². The summed E-state index contributed by atoms with van der Waals surface area (Å²) in [6.07, 6.45) is 3.42. The molecule has 1 unspecified atom stereocenters. The predicted molar refractivity (Wildman–Crippen MR) is 81.0 cm³/mol. The van der Waals surface area contributed by atoms with Gasteiger partial charge in [-0.3, -0.25) is 0 Å². The highest BCUT2D eigenvalue weighted by atomic mass is 14.9. The van der Waals surface area contributed by atoms with Gasteiger partial charge in [-0.05, 0) is 30.7 Å². The Hall–Kier alpha value is -1.08. The van der Waals surface area contributed by atoms with E-state index in [0.717, 1.165) is 19.4 Å². The minimum absolute atomic E-state index is 0.547. The van der Waals surface area contributed by atoms with Gasteiger partial charge in [0.2, 0.25) is 0 Å². The van der Waals surface area contributed by atoms with Crippen molar-refractivity contribution < 1.29 is 0 Å². The third kappa shape index (κ3) is 5.50. The molecule has 0 aliphatic rings. The van der Waals surface area contributed by atoms with Gasteiger partial charge in [-0.1, -0.05) is 63.3 Å². The molecule has 0 fully saturated rings. The van der Waals surface area contributed by atoms with Crippen molar-refractivity contribution in [2.75, 3.05) is 6.54 Å². The zero-order valence-corrected chi connectivity index (χ0v) is 12.1. The fourth-order valence-electron chi connectivity index (χ4n) is 2.04. The Morgan fingerprint density at radius 3 is 2.44 bits per heavy atom. The Balaban J connectivity index is 2.60. The normalized spacial score (nSPS) is 12.7. The van der Waals surface area contributed by atoms with E-state index in [4.69, 9.17) is 0 Å². The molecule has 18 heavy (non-hydrogen) atoms. The second-order valence-corrected chi connectivity index (χ2v) is 5.31. The van der Waals surface area contributed by atoms with Crippen LogP contribution < -0.4 is 5.32 Å². The van der Waals surface area contributed by atoms with Crippen molar-refractivity contribution in [1.29, 1.82) is 0 Å². The third-order valence-electron chi connectivity index (χ3n) is 3.39. The van der Waals surface area contributed by atoms with Crippen LogP contribution in [0.15, 0.2) is 42.5 Å². The van der Waals surface area contributed by atoms with Crippen molar-refractivity contribution in [3.8, 4) is 0 Å². The molecule has 0 aromatic heterocycles. The van der Waals surface area contributed by atoms with Crippen LogP contribution in [-0.2, 0) is 0 Å². The quantitative estimate of drug-likeness (QED) is 0.664. The third-order valence-corrected chi connectivity index (χ3v) is 3.39. The van der Waals surface area contributed by atoms with E-state index in [9.17, 15) is 0 Å². The maximum atomic E-state index is 4.11. The van der Waals surface area contributed by atoms with E-state index in [2.05, 4.69) is 63.0 Å². The van der Waals surface area contributed by atoms with Crippen LogP contribution in [0.25, 0.3) is 0 Å². The summed E-state index contributed by atoms with van der Waals surface area (Å²) < 4.78 is 0. The number of rotatable bonds is 8. The van der Waals surface area contributed by atoms with E-state index in [0.29, 0.717) is 12.0 Å². The molecule has 1 rings (SSSR count). The van der Waals surface area contributed by atoms with Crippen LogP contribution in [0.3, 0.4) is 0 Å². The zero-order valence-electron chi connectivity index (χ0n) is 12.1. The van der Waals surface area contributed by atoms with Gasteiger partial charge in [0.05, 0.1) is 0 Å². The molecule has 0 bridgehead atoms. The summed E-state index contributed by atoms with van der Waals surface area (Å²) in [7, 11) is 0. The summed E-state index contributed by atoms with van der Waals surface area (Å²) in [5, 5.41) is 3.56. The Morgan fingerprint density at radius 2 is 1.89 bits per heavy atom. The van der Waals surface area contributed by atoms with Crippen LogP contribution in [0, 0.1) is 0 Å². The lowest BCUT2D eigenvalue weighted by Gasteiger charge is -2.20. The first kappa shape index (κ1) is 15.0. The first-order valence-corrected chi connectivity index (χ1v) is 7.08. The molecular formula is C17H27N. The van der Waals surface area contributed by atoms with Gasteiger partial charge in [-0.15, -0.1) is 0 Å². The van der Waals surface area contributed by atoms with Gasteiger partial charge in [0.1, 0.15) is 0 Å². The number of hydrogen-bond donors (Lipinski definition) is 1. The molecule has 0 amide bonds. The first-order valence-electron chi connectivity index (χ1n) is 7.08. The molecule has 100 valence electrons. The smallest absolute Gasteiger partial charge is 0.00226 e. The van der Waals surface area contributed by atoms with Crippen LogP contribution in [0.1, 0.15) is 51.5 Å². The largest absolute Gasteiger partial charge is 0.314 e. The summed E-state index contributed by atoms with van der Waals surface area (Å²) in [6.45, 7) is 11.8. The number of hydrogen-bond acceptors (Lipinski definition) is 1. The van der Waals surface area contributed by atoms with Gasteiger partial charge in [-0.25, -0.2) is 0 Å². The van der Waals surface area contributed by atoms with Crippen molar-refractivity contribution >= 4 is 0 Å². The molecular weight excluding hydrogens is 218 g/mol. The number of allylic oxidation sites excluding steroid dienone is 1. The lowest BCUT2D eigenvalue weighted by molar-refractivity contribution is 0.506. The average Bonchev–Trinajstić information content (AvgIpc) is 2.39. The van der Waals surface area contributed by atoms with Crippen LogP contribution in [-0.4, -0.2) is 12.6 Å². The molecule has 0 saturated carbocycles. The minimum atomic E-state index is 0.547. The van der Waals surface area contributed by atoms with E-state index in [-0.39, 0.29) is 0 Å². The molecule has 0 heterocycles. The molecule has 0 radical (unpaired) electrons. The lowest BCUT2D eigenvalue weighted by Crippen LogP contribution is -2.28. The second kappa shape index (κ2) is 8.10. The van der Waals surface area contributed by atoms with E-state index in [1.54, 1.807) is 0 Å². The van der Waals surface area contributed by atoms with Crippen molar-refractivity contribution in [3.63, 3.8) is 0 Å². The molecule has 0 spiro atoms. The van der Waals surface area contributed by atoms with Crippen LogP contribution in [0.5, 0.6) is 0 Å². The van der Waals surface area contributed by atoms with Gasteiger partial charge in [0.25, 0.3) is 0 Å². The van der Waals surface area contributed by atoms with Gasteiger partial charge in [-0.2, -0.15) is 0 Å². The summed E-state index contributed by atoms with van der Waals surface area (Å²) in [5.41, 5.74) is 2.80. The van der Waals surface area contributed by atoms with Crippen LogP contribution in [0.2, 0.25) is 0 Å². The van der Waals surface area contributed by atoms with Crippen LogP contribution >= 0.6 is 0 Å². The van der Waals surface area contributed by atoms with E-state index >= 15 is 0 Å². The Bertz CT molecular complexity index is 340.